The molecule has 0 aliphatic carbocycles. The molecule has 146 valence electrons. The Balaban J connectivity index is 1.91. The van der Waals surface area contributed by atoms with Gasteiger partial charge in [0.15, 0.2) is 0 Å². The highest BCUT2D eigenvalue weighted by atomic mass is 15.1. The van der Waals surface area contributed by atoms with Crippen LogP contribution < -0.4 is 10.3 Å². The molecule has 2 aromatic carbocycles. The number of pyridine rings is 1. The second-order valence-corrected chi connectivity index (χ2v) is 8.16. The van der Waals surface area contributed by atoms with Crippen molar-refractivity contribution in [3.8, 4) is 11.1 Å². The predicted molar refractivity (Wildman–Crippen MR) is 129 cm³/mol. The molecule has 0 fully saturated rings. The van der Waals surface area contributed by atoms with Crippen molar-refractivity contribution in [2.45, 2.75) is 27.7 Å². The second kappa shape index (κ2) is 6.84. The lowest BCUT2D eigenvalue weighted by molar-refractivity contribution is 1.13. The number of aryl methyl sites for hydroxylation is 2. The standard InChI is InChI=1S/C26H24BN3/c1-16(28-5)14-22-18(3)27-26-19(4)29-17(2)15-23(26)21-11-7-9-13-25(21)30(27)24-12-8-6-10-20(22)24/h6-15H,5H2,1-4H3/b16-14-. The maximum Gasteiger partial charge on any atom is 0.326 e. The molecule has 0 N–H and O–H groups in total. The molecule has 1 aromatic heterocycles. The summed E-state index contributed by atoms with van der Waals surface area (Å²) in [5.41, 5.74) is 13.1. The van der Waals surface area contributed by atoms with Crippen LogP contribution in [-0.4, -0.2) is 18.5 Å². The highest BCUT2D eigenvalue weighted by Gasteiger charge is 2.42. The van der Waals surface area contributed by atoms with Crippen molar-refractivity contribution >= 4 is 36.0 Å². The fraction of sp³-hybridized carbons (Fsp3) is 0.154. The molecule has 0 unspecified atom stereocenters. The van der Waals surface area contributed by atoms with Crippen LogP contribution in [0.3, 0.4) is 0 Å². The molecule has 5 rings (SSSR count). The van der Waals surface area contributed by atoms with Gasteiger partial charge in [-0.1, -0.05) is 41.9 Å². The summed E-state index contributed by atoms with van der Waals surface area (Å²) in [7, 11) is 0. The SMILES string of the molecule is C=N/C(C)=C\C1=C(C)B2c3c(cc(C)nc3C)-c3ccccc3N2c2ccccc21. The van der Waals surface area contributed by atoms with E-state index in [1.54, 1.807) is 0 Å². The largest absolute Gasteiger partial charge is 0.376 e. The summed E-state index contributed by atoms with van der Waals surface area (Å²) in [6.07, 6.45) is 2.16. The number of para-hydroxylation sites is 2. The van der Waals surface area contributed by atoms with Crippen molar-refractivity contribution in [2.75, 3.05) is 4.81 Å². The van der Waals surface area contributed by atoms with Crippen molar-refractivity contribution in [2.24, 2.45) is 4.99 Å². The van der Waals surface area contributed by atoms with E-state index < -0.39 is 0 Å². The van der Waals surface area contributed by atoms with Gasteiger partial charge >= 0.3 is 6.85 Å². The summed E-state index contributed by atoms with van der Waals surface area (Å²) in [6.45, 7) is 12.3. The van der Waals surface area contributed by atoms with Crippen LogP contribution in [0.25, 0.3) is 16.7 Å². The average molecular weight is 389 g/mol. The third-order valence-corrected chi connectivity index (χ3v) is 6.25. The first-order valence-corrected chi connectivity index (χ1v) is 10.3. The number of hydrogen-bond donors (Lipinski definition) is 0. The number of hydrogen-bond acceptors (Lipinski definition) is 3. The number of aromatic nitrogens is 1. The Kier molecular flexibility index (Phi) is 4.25. The Morgan fingerprint density at radius 3 is 2.30 bits per heavy atom. The minimum atomic E-state index is 0.0989. The number of aliphatic imine (C=N–C) groups is 1. The molecule has 0 spiro atoms. The minimum absolute atomic E-state index is 0.0989. The Morgan fingerprint density at radius 1 is 0.967 bits per heavy atom. The maximum atomic E-state index is 4.85. The topological polar surface area (TPSA) is 28.5 Å². The van der Waals surface area contributed by atoms with Gasteiger partial charge in [-0.3, -0.25) is 9.98 Å². The first-order chi connectivity index (χ1) is 14.5. The Bertz CT molecular complexity index is 1270. The lowest BCUT2D eigenvalue weighted by atomic mass is 9.42. The molecule has 0 saturated heterocycles. The van der Waals surface area contributed by atoms with E-state index in [0.29, 0.717) is 0 Å². The van der Waals surface area contributed by atoms with E-state index in [0.717, 1.165) is 17.1 Å². The van der Waals surface area contributed by atoms with Crippen LogP contribution in [0.5, 0.6) is 0 Å². The van der Waals surface area contributed by atoms with Crippen LogP contribution in [0.4, 0.5) is 11.4 Å². The Labute approximate surface area is 178 Å². The highest BCUT2D eigenvalue weighted by Crippen LogP contribution is 2.47. The number of rotatable bonds is 2. The number of fused-ring (bicyclic) bond motifs is 8. The van der Waals surface area contributed by atoms with Gasteiger partial charge in [-0.25, -0.2) is 0 Å². The van der Waals surface area contributed by atoms with E-state index in [2.05, 4.69) is 98.0 Å². The quantitative estimate of drug-likeness (QED) is 0.419. The fourth-order valence-corrected chi connectivity index (χ4v) is 4.98. The van der Waals surface area contributed by atoms with Crippen LogP contribution in [0.15, 0.2) is 76.8 Å². The molecule has 0 amide bonds. The summed E-state index contributed by atoms with van der Waals surface area (Å²) in [6, 6.07) is 19.6. The minimum Gasteiger partial charge on any atom is -0.376 e. The highest BCUT2D eigenvalue weighted by molar-refractivity contribution is 6.87. The van der Waals surface area contributed by atoms with Crippen LogP contribution in [0.2, 0.25) is 0 Å². The van der Waals surface area contributed by atoms with Crippen molar-refractivity contribution in [3.05, 3.63) is 88.8 Å². The van der Waals surface area contributed by atoms with E-state index in [1.165, 1.54) is 44.6 Å². The maximum absolute atomic E-state index is 4.85. The summed E-state index contributed by atoms with van der Waals surface area (Å²) in [4.78, 5) is 11.5. The van der Waals surface area contributed by atoms with E-state index in [9.17, 15) is 0 Å². The van der Waals surface area contributed by atoms with Crippen LogP contribution in [0.1, 0.15) is 30.8 Å². The smallest absolute Gasteiger partial charge is 0.326 e. The van der Waals surface area contributed by atoms with Crippen molar-refractivity contribution in [1.29, 1.82) is 0 Å². The van der Waals surface area contributed by atoms with E-state index in [-0.39, 0.29) is 6.85 Å². The molecule has 30 heavy (non-hydrogen) atoms. The van der Waals surface area contributed by atoms with E-state index in [1.807, 2.05) is 6.92 Å². The first-order valence-electron chi connectivity index (χ1n) is 10.3. The third kappa shape index (κ3) is 2.60. The third-order valence-electron chi connectivity index (χ3n) is 6.25. The van der Waals surface area contributed by atoms with Gasteiger partial charge in [-0.15, -0.1) is 0 Å². The average Bonchev–Trinajstić information content (AvgIpc) is 2.75. The summed E-state index contributed by atoms with van der Waals surface area (Å²) in [5, 5.41) is 0. The predicted octanol–water partition coefficient (Wildman–Crippen LogP) is 5.65. The summed E-state index contributed by atoms with van der Waals surface area (Å²) < 4.78 is 0. The van der Waals surface area contributed by atoms with Gasteiger partial charge in [-0.05, 0) is 75.3 Å². The molecular formula is C26H24BN3. The van der Waals surface area contributed by atoms with Crippen molar-refractivity contribution in [3.63, 3.8) is 0 Å². The van der Waals surface area contributed by atoms with Crippen LogP contribution in [0, 0.1) is 13.8 Å². The molecule has 3 aromatic rings. The zero-order chi connectivity index (χ0) is 21.0. The van der Waals surface area contributed by atoms with Gasteiger partial charge in [0.05, 0.1) is 0 Å². The number of benzene rings is 2. The number of nitrogens with zero attached hydrogens (tertiary/aromatic N) is 3. The fourth-order valence-electron chi connectivity index (χ4n) is 4.98. The van der Waals surface area contributed by atoms with Gasteiger partial charge in [0.2, 0.25) is 0 Å². The van der Waals surface area contributed by atoms with Crippen LogP contribution in [-0.2, 0) is 0 Å². The lowest BCUT2D eigenvalue weighted by Crippen LogP contribution is -2.53. The second-order valence-electron chi connectivity index (χ2n) is 8.16. The summed E-state index contributed by atoms with van der Waals surface area (Å²) in [5.74, 6) is 0. The Hall–Kier alpha value is -3.40. The van der Waals surface area contributed by atoms with Gasteiger partial charge in [0, 0.05) is 39.6 Å². The molecule has 3 nitrogen and oxygen atoms in total. The van der Waals surface area contributed by atoms with Gasteiger partial charge < -0.3 is 4.81 Å². The molecule has 2 aliphatic heterocycles. The molecule has 0 bridgehead atoms. The molecule has 4 heteroatoms. The monoisotopic (exact) mass is 389 g/mol. The molecular weight excluding hydrogens is 365 g/mol. The number of allylic oxidation sites excluding steroid dienone is 4. The van der Waals surface area contributed by atoms with E-state index >= 15 is 0 Å². The van der Waals surface area contributed by atoms with E-state index in [4.69, 9.17) is 4.98 Å². The first kappa shape index (κ1) is 18.6. The summed E-state index contributed by atoms with van der Waals surface area (Å²) >= 11 is 0. The molecule has 3 heterocycles. The molecule has 0 atom stereocenters. The lowest BCUT2D eigenvalue weighted by Gasteiger charge is -2.43. The molecule has 0 radical (unpaired) electrons. The van der Waals surface area contributed by atoms with Crippen LogP contribution >= 0.6 is 0 Å². The zero-order valence-electron chi connectivity index (χ0n) is 17.9. The van der Waals surface area contributed by atoms with Crippen molar-refractivity contribution in [1.82, 2.24) is 4.98 Å². The zero-order valence-corrected chi connectivity index (χ0v) is 17.9. The van der Waals surface area contributed by atoms with Gasteiger partial charge in [0.1, 0.15) is 0 Å². The normalized spacial score (nSPS) is 14.7. The number of anilines is 2. The van der Waals surface area contributed by atoms with Gasteiger partial charge in [-0.2, -0.15) is 0 Å². The molecule has 2 aliphatic rings. The van der Waals surface area contributed by atoms with Crippen molar-refractivity contribution < 1.29 is 0 Å². The molecule has 0 saturated carbocycles. The van der Waals surface area contributed by atoms with Gasteiger partial charge in [0.25, 0.3) is 0 Å². The Morgan fingerprint density at radius 2 is 1.60 bits per heavy atom.